The van der Waals surface area contributed by atoms with Gasteiger partial charge in [0.05, 0.1) is 29.6 Å². The minimum absolute atomic E-state index is 0.0682. The third-order valence-electron chi connectivity index (χ3n) is 3.97. The van der Waals surface area contributed by atoms with Gasteiger partial charge in [-0.05, 0) is 46.6 Å². The van der Waals surface area contributed by atoms with Crippen LogP contribution >= 0.6 is 15.9 Å². The van der Waals surface area contributed by atoms with Gasteiger partial charge in [-0.3, -0.25) is 4.79 Å². The van der Waals surface area contributed by atoms with E-state index in [9.17, 15) is 4.79 Å². The van der Waals surface area contributed by atoms with E-state index in [-0.39, 0.29) is 5.91 Å². The van der Waals surface area contributed by atoms with Crippen LogP contribution in [-0.2, 0) is 11.3 Å². The van der Waals surface area contributed by atoms with Gasteiger partial charge in [-0.25, -0.2) is 4.98 Å². The van der Waals surface area contributed by atoms with Gasteiger partial charge < -0.3 is 19.4 Å². The molecule has 0 fully saturated rings. The Morgan fingerprint density at radius 3 is 2.57 bits per heavy atom. The van der Waals surface area contributed by atoms with Crippen molar-refractivity contribution in [3.05, 3.63) is 71.7 Å². The van der Waals surface area contributed by atoms with Gasteiger partial charge in [0, 0.05) is 18.8 Å². The lowest BCUT2D eigenvalue weighted by Crippen LogP contribution is -2.14. The number of nitrogens with one attached hydrogen (secondary N) is 1. The number of benzene rings is 2. The molecule has 1 amide bonds. The monoisotopic (exact) mass is 443 g/mol. The summed E-state index contributed by atoms with van der Waals surface area (Å²) < 4.78 is 14.3. The zero-order chi connectivity index (χ0) is 19.6. The van der Waals surface area contributed by atoms with Gasteiger partial charge in [0.1, 0.15) is 18.1 Å². The quantitative estimate of drug-likeness (QED) is 0.467. The van der Waals surface area contributed by atoms with Crippen LogP contribution in [0.5, 0.6) is 11.5 Å². The molecule has 1 heterocycles. The summed E-state index contributed by atoms with van der Waals surface area (Å²) in [5, 5.41) is 2.92. The number of anilines is 1. The smallest absolute Gasteiger partial charge is 0.224 e. The van der Waals surface area contributed by atoms with Crippen molar-refractivity contribution in [1.29, 1.82) is 0 Å². The fraction of sp³-hybridized carbons (Fsp3) is 0.238. The molecule has 6 nitrogen and oxygen atoms in total. The molecule has 0 bridgehead atoms. The molecule has 1 aromatic heterocycles. The van der Waals surface area contributed by atoms with Crippen LogP contribution in [0.15, 0.2) is 71.7 Å². The van der Waals surface area contributed by atoms with Crippen molar-refractivity contribution in [1.82, 2.24) is 9.55 Å². The second-order valence-corrected chi connectivity index (χ2v) is 6.93. The minimum Gasteiger partial charge on any atom is -0.492 e. The maximum atomic E-state index is 12.3. The van der Waals surface area contributed by atoms with Crippen molar-refractivity contribution in [3.63, 3.8) is 0 Å². The van der Waals surface area contributed by atoms with Crippen molar-refractivity contribution in [2.75, 3.05) is 18.5 Å². The summed E-state index contributed by atoms with van der Waals surface area (Å²) in [6.45, 7) is 1.65. The highest BCUT2D eigenvalue weighted by atomic mass is 79.9. The summed E-state index contributed by atoms with van der Waals surface area (Å²) >= 11 is 3.44. The second kappa shape index (κ2) is 10.5. The molecular weight excluding hydrogens is 422 g/mol. The third kappa shape index (κ3) is 6.13. The van der Waals surface area contributed by atoms with Crippen molar-refractivity contribution in [2.45, 2.75) is 19.4 Å². The van der Waals surface area contributed by atoms with Crippen LogP contribution in [0.1, 0.15) is 12.8 Å². The lowest BCUT2D eigenvalue weighted by molar-refractivity contribution is -0.116. The zero-order valence-electron chi connectivity index (χ0n) is 15.4. The number of ether oxygens (including phenoxy) is 2. The van der Waals surface area contributed by atoms with Crippen LogP contribution in [0.4, 0.5) is 5.69 Å². The number of aromatic nitrogens is 2. The number of hydrogen-bond donors (Lipinski definition) is 1. The molecule has 0 saturated carbocycles. The summed E-state index contributed by atoms with van der Waals surface area (Å²) in [4.78, 5) is 16.3. The largest absolute Gasteiger partial charge is 0.492 e. The molecule has 2 aromatic carbocycles. The fourth-order valence-electron chi connectivity index (χ4n) is 2.57. The molecule has 3 aromatic rings. The van der Waals surface area contributed by atoms with Crippen LogP contribution in [0, 0.1) is 0 Å². The molecule has 0 aliphatic rings. The predicted octanol–water partition coefficient (Wildman–Crippen LogP) is 4.52. The van der Waals surface area contributed by atoms with E-state index in [0.29, 0.717) is 44.0 Å². The third-order valence-corrected chi connectivity index (χ3v) is 4.62. The number of imidazole rings is 1. The Labute approximate surface area is 172 Å². The summed E-state index contributed by atoms with van der Waals surface area (Å²) in [6.07, 6.45) is 6.35. The van der Waals surface area contributed by atoms with Crippen molar-refractivity contribution in [2.24, 2.45) is 0 Å². The van der Waals surface area contributed by atoms with E-state index in [2.05, 4.69) is 26.2 Å². The number of carbonyl (C=O) groups is 1. The van der Waals surface area contributed by atoms with Gasteiger partial charge >= 0.3 is 0 Å². The Morgan fingerprint density at radius 2 is 1.79 bits per heavy atom. The summed E-state index contributed by atoms with van der Waals surface area (Å²) in [7, 11) is 0. The average molecular weight is 444 g/mol. The van der Waals surface area contributed by atoms with Crippen LogP contribution in [0.3, 0.4) is 0 Å². The van der Waals surface area contributed by atoms with E-state index in [1.54, 1.807) is 12.5 Å². The number of halogens is 1. The first-order valence-electron chi connectivity index (χ1n) is 9.07. The van der Waals surface area contributed by atoms with Crippen LogP contribution in [0.25, 0.3) is 0 Å². The topological polar surface area (TPSA) is 65.4 Å². The molecule has 0 spiro atoms. The van der Waals surface area contributed by atoms with Crippen molar-refractivity contribution >= 4 is 27.5 Å². The first-order valence-corrected chi connectivity index (χ1v) is 9.86. The van der Waals surface area contributed by atoms with Crippen LogP contribution in [-0.4, -0.2) is 28.7 Å². The highest BCUT2D eigenvalue weighted by Gasteiger charge is 2.08. The second-order valence-electron chi connectivity index (χ2n) is 6.08. The molecule has 0 atom stereocenters. The maximum Gasteiger partial charge on any atom is 0.224 e. The Kier molecular flexibility index (Phi) is 7.49. The molecule has 3 rings (SSSR count). The number of rotatable bonds is 10. The van der Waals surface area contributed by atoms with E-state index < -0.39 is 0 Å². The molecule has 0 radical (unpaired) electrons. The average Bonchev–Trinajstić information content (AvgIpc) is 3.21. The van der Waals surface area contributed by atoms with Gasteiger partial charge in [-0.2, -0.15) is 0 Å². The van der Waals surface area contributed by atoms with E-state index in [1.807, 2.05) is 59.3 Å². The van der Waals surface area contributed by atoms with Crippen LogP contribution in [0.2, 0.25) is 0 Å². The molecule has 0 aliphatic heterocycles. The van der Waals surface area contributed by atoms with Crippen molar-refractivity contribution in [3.8, 4) is 11.5 Å². The first-order chi connectivity index (χ1) is 13.7. The first kappa shape index (κ1) is 19.9. The molecule has 0 unspecified atom stereocenters. The van der Waals surface area contributed by atoms with Crippen LogP contribution < -0.4 is 14.8 Å². The molecule has 28 heavy (non-hydrogen) atoms. The molecule has 0 saturated heterocycles. The fourth-order valence-corrected chi connectivity index (χ4v) is 2.96. The number of amides is 1. The Bertz CT molecular complexity index is 884. The number of carbonyl (C=O) groups excluding carboxylic acids is 1. The van der Waals surface area contributed by atoms with Crippen molar-refractivity contribution < 1.29 is 14.3 Å². The number of nitrogens with zero attached hydrogens (tertiary/aromatic N) is 2. The summed E-state index contributed by atoms with van der Waals surface area (Å²) in [5.74, 6) is 1.36. The van der Waals surface area contributed by atoms with E-state index in [1.165, 1.54) is 0 Å². The highest BCUT2D eigenvalue weighted by molar-refractivity contribution is 9.10. The highest BCUT2D eigenvalue weighted by Crippen LogP contribution is 2.25. The van der Waals surface area contributed by atoms with Gasteiger partial charge in [-0.15, -0.1) is 0 Å². The van der Waals surface area contributed by atoms with E-state index in [0.717, 1.165) is 10.2 Å². The lowest BCUT2D eigenvalue weighted by Gasteiger charge is -2.13. The number of hydrogen-bond acceptors (Lipinski definition) is 4. The minimum atomic E-state index is -0.0682. The Morgan fingerprint density at radius 1 is 1.04 bits per heavy atom. The lowest BCUT2D eigenvalue weighted by atomic mass is 10.2. The molecule has 1 N–H and O–H groups in total. The molecular formula is C21H22BrN3O3. The Balaban J connectivity index is 1.42. The Hall–Kier alpha value is -2.80. The van der Waals surface area contributed by atoms with Gasteiger partial charge in [0.15, 0.2) is 0 Å². The zero-order valence-corrected chi connectivity index (χ0v) is 17.0. The predicted molar refractivity (Wildman–Crippen MR) is 112 cm³/mol. The summed E-state index contributed by atoms with van der Waals surface area (Å²) in [6, 6.07) is 15.1. The van der Waals surface area contributed by atoms with E-state index in [4.69, 9.17) is 9.47 Å². The molecule has 7 heteroatoms. The normalized spacial score (nSPS) is 10.5. The van der Waals surface area contributed by atoms with Gasteiger partial charge in [-0.1, -0.05) is 24.3 Å². The molecule has 146 valence electrons. The van der Waals surface area contributed by atoms with E-state index >= 15 is 0 Å². The standard InChI is InChI=1S/C21H22BrN3O3/c22-17-6-1-3-8-19(17)27-14-5-10-21(26)24-18-7-2-4-9-20(18)28-15-13-25-12-11-23-16-25/h1-4,6-9,11-12,16H,5,10,13-15H2,(H,24,26). The number of para-hydroxylation sites is 3. The van der Waals surface area contributed by atoms with Gasteiger partial charge in [0.25, 0.3) is 0 Å². The SMILES string of the molecule is O=C(CCCOc1ccccc1Br)Nc1ccccc1OCCn1ccnc1. The van der Waals surface area contributed by atoms with Gasteiger partial charge in [0.2, 0.25) is 5.91 Å². The molecule has 0 aliphatic carbocycles. The maximum absolute atomic E-state index is 12.3. The summed E-state index contributed by atoms with van der Waals surface area (Å²) in [5.41, 5.74) is 0.671.